The normalized spacial score (nSPS) is 17.3. The first kappa shape index (κ1) is 25.8. The lowest BCUT2D eigenvalue weighted by Crippen LogP contribution is -2.39. The van der Waals surface area contributed by atoms with Crippen molar-refractivity contribution >= 4 is 29.1 Å². The number of hydrogen-bond acceptors (Lipinski definition) is 8. The van der Waals surface area contributed by atoms with Crippen LogP contribution in [0, 0.1) is 0 Å². The van der Waals surface area contributed by atoms with Crippen LogP contribution in [0.1, 0.15) is 43.9 Å². The van der Waals surface area contributed by atoms with Crippen LogP contribution in [0.4, 0.5) is 5.69 Å². The molecule has 3 heterocycles. The minimum absolute atomic E-state index is 0.214. The second-order valence-corrected chi connectivity index (χ2v) is 10.2. The summed E-state index contributed by atoms with van der Waals surface area (Å²) in [4.78, 5) is 34.5. The molecule has 0 amide bonds. The van der Waals surface area contributed by atoms with Gasteiger partial charge in [-0.2, -0.15) is 0 Å². The molecule has 0 bridgehead atoms. The Morgan fingerprint density at radius 3 is 2.45 bits per heavy atom. The van der Waals surface area contributed by atoms with Crippen molar-refractivity contribution < 1.29 is 19.0 Å². The van der Waals surface area contributed by atoms with E-state index in [-0.39, 0.29) is 12.2 Å². The number of fused-ring (bicyclic) bond motifs is 1. The molecular weight excluding hydrogens is 502 g/mol. The van der Waals surface area contributed by atoms with Gasteiger partial charge in [0.05, 0.1) is 42.7 Å². The Hall–Kier alpha value is -3.85. The Balaban J connectivity index is 1.63. The third kappa shape index (κ3) is 4.74. The van der Waals surface area contributed by atoms with Crippen LogP contribution in [0.2, 0.25) is 0 Å². The summed E-state index contributed by atoms with van der Waals surface area (Å²) < 4.78 is 18.4. The van der Waals surface area contributed by atoms with E-state index in [2.05, 4.69) is 22.0 Å². The molecular formula is C29H31N3O5S. The smallest absolute Gasteiger partial charge is 0.338 e. The van der Waals surface area contributed by atoms with E-state index >= 15 is 0 Å². The lowest BCUT2D eigenvalue weighted by atomic mass is 9.95. The topological polar surface area (TPSA) is 82.4 Å². The number of hydrogen-bond donors (Lipinski definition) is 0. The highest BCUT2D eigenvalue weighted by atomic mass is 32.1. The van der Waals surface area contributed by atoms with Gasteiger partial charge in [-0.3, -0.25) is 9.36 Å². The third-order valence-corrected chi connectivity index (χ3v) is 7.89. The number of benzene rings is 2. The Kier molecular flexibility index (Phi) is 7.37. The number of carbonyl (C=O) groups excluding carboxylic acids is 1. The molecule has 1 saturated heterocycles. The Bertz CT molecular complexity index is 1560. The minimum atomic E-state index is -0.718. The van der Waals surface area contributed by atoms with E-state index in [1.165, 1.54) is 29.9 Å². The molecule has 1 fully saturated rings. The summed E-state index contributed by atoms with van der Waals surface area (Å²) in [6, 6.07) is 12.9. The first-order valence-electron chi connectivity index (χ1n) is 12.7. The molecule has 0 N–H and O–H groups in total. The number of thiazole rings is 1. The van der Waals surface area contributed by atoms with E-state index in [4.69, 9.17) is 14.2 Å². The van der Waals surface area contributed by atoms with Crippen molar-refractivity contribution in [2.45, 2.75) is 32.7 Å². The fourth-order valence-corrected chi connectivity index (χ4v) is 6.08. The zero-order chi connectivity index (χ0) is 26.8. The molecule has 2 aromatic carbocycles. The molecule has 0 aliphatic carbocycles. The van der Waals surface area contributed by atoms with Crippen LogP contribution >= 0.6 is 11.3 Å². The van der Waals surface area contributed by atoms with E-state index in [1.54, 1.807) is 44.8 Å². The number of anilines is 1. The Morgan fingerprint density at radius 1 is 1.08 bits per heavy atom. The Morgan fingerprint density at radius 2 is 1.79 bits per heavy atom. The van der Waals surface area contributed by atoms with E-state index in [0.717, 1.165) is 18.7 Å². The molecule has 0 saturated carbocycles. The van der Waals surface area contributed by atoms with Crippen LogP contribution in [0.5, 0.6) is 11.5 Å². The molecule has 0 spiro atoms. The molecule has 2 aliphatic rings. The zero-order valence-electron chi connectivity index (χ0n) is 22.0. The number of carbonyl (C=O) groups is 1. The summed E-state index contributed by atoms with van der Waals surface area (Å²) >= 11 is 1.31. The van der Waals surface area contributed by atoms with Crippen LogP contribution in [0.15, 0.2) is 63.5 Å². The number of allylic oxidation sites excluding steroid dienone is 1. The van der Waals surface area contributed by atoms with Crippen LogP contribution in [0.25, 0.3) is 6.08 Å². The summed E-state index contributed by atoms with van der Waals surface area (Å²) in [6.45, 7) is 5.90. The highest BCUT2D eigenvalue weighted by Crippen LogP contribution is 2.36. The molecule has 198 valence electrons. The summed E-state index contributed by atoms with van der Waals surface area (Å²) in [5, 5.41) is 0. The van der Waals surface area contributed by atoms with E-state index in [1.807, 2.05) is 24.3 Å². The van der Waals surface area contributed by atoms with Crippen LogP contribution in [-0.4, -0.2) is 44.5 Å². The largest absolute Gasteiger partial charge is 0.493 e. The second kappa shape index (κ2) is 10.9. The highest BCUT2D eigenvalue weighted by Gasteiger charge is 2.34. The van der Waals surface area contributed by atoms with Gasteiger partial charge in [-0.05, 0) is 68.2 Å². The first-order chi connectivity index (χ1) is 18.4. The van der Waals surface area contributed by atoms with Crippen LogP contribution in [-0.2, 0) is 9.53 Å². The van der Waals surface area contributed by atoms with Gasteiger partial charge in [0.1, 0.15) is 0 Å². The number of nitrogens with zero attached hydrogens (tertiary/aromatic N) is 3. The van der Waals surface area contributed by atoms with E-state index in [0.29, 0.717) is 37.7 Å². The molecule has 3 aromatic rings. The van der Waals surface area contributed by atoms with Crippen molar-refractivity contribution in [1.29, 1.82) is 0 Å². The van der Waals surface area contributed by atoms with Gasteiger partial charge in [-0.1, -0.05) is 29.5 Å². The summed E-state index contributed by atoms with van der Waals surface area (Å²) in [5.74, 6) is 0.558. The highest BCUT2D eigenvalue weighted by molar-refractivity contribution is 7.07. The van der Waals surface area contributed by atoms with Crippen molar-refractivity contribution in [3.05, 3.63) is 84.5 Å². The van der Waals surface area contributed by atoms with Crippen molar-refractivity contribution in [3.8, 4) is 11.5 Å². The molecule has 38 heavy (non-hydrogen) atoms. The fraction of sp³-hybridized carbons (Fsp3) is 0.345. The molecule has 1 aromatic heterocycles. The average molecular weight is 534 g/mol. The number of esters is 1. The first-order valence-corrected chi connectivity index (χ1v) is 13.5. The number of aromatic nitrogens is 1. The number of rotatable bonds is 7. The third-order valence-electron chi connectivity index (χ3n) is 6.90. The average Bonchev–Trinajstić information content (AvgIpc) is 3.57. The summed E-state index contributed by atoms with van der Waals surface area (Å²) in [7, 11) is 3.11. The predicted molar refractivity (Wildman–Crippen MR) is 148 cm³/mol. The fourth-order valence-electron chi connectivity index (χ4n) is 5.04. The van der Waals surface area contributed by atoms with Crippen molar-refractivity contribution in [2.75, 3.05) is 38.8 Å². The van der Waals surface area contributed by atoms with Crippen molar-refractivity contribution in [2.24, 2.45) is 4.99 Å². The van der Waals surface area contributed by atoms with Crippen molar-refractivity contribution in [3.63, 3.8) is 0 Å². The predicted octanol–water partition coefficient (Wildman–Crippen LogP) is 3.42. The quantitative estimate of drug-likeness (QED) is 0.433. The van der Waals surface area contributed by atoms with Crippen molar-refractivity contribution in [1.82, 2.24) is 4.57 Å². The maximum atomic E-state index is 13.8. The maximum absolute atomic E-state index is 13.8. The van der Waals surface area contributed by atoms with Gasteiger partial charge in [-0.25, -0.2) is 9.79 Å². The maximum Gasteiger partial charge on any atom is 0.338 e. The molecule has 8 nitrogen and oxygen atoms in total. The van der Waals surface area contributed by atoms with Gasteiger partial charge in [0, 0.05) is 18.8 Å². The molecule has 2 aliphatic heterocycles. The number of ether oxygens (including phenoxy) is 3. The Labute approximate surface area is 225 Å². The lowest BCUT2D eigenvalue weighted by molar-refractivity contribution is -0.139. The van der Waals surface area contributed by atoms with Gasteiger partial charge >= 0.3 is 5.97 Å². The standard InChI is InChI=1S/C29H31N3O5S/c1-5-37-28(34)25-18(2)30-29-32(26(25)20-10-13-22(35-3)23(17-20)36-4)27(33)24(38-29)16-19-8-11-21(12-9-19)31-14-6-7-15-31/h8-13,16-17,26H,5-7,14-15H2,1-4H3/b24-16+/t26-/m1/s1. The monoisotopic (exact) mass is 533 g/mol. The van der Waals surface area contributed by atoms with Crippen LogP contribution < -0.4 is 29.3 Å². The van der Waals surface area contributed by atoms with Gasteiger partial charge in [-0.15, -0.1) is 0 Å². The molecule has 5 rings (SSSR count). The zero-order valence-corrected chi connectivity index (χ0v) is 22.8. The molecule has 0 unspecified atom stereocenters. The van der Waals surface area contributed by atoms with Gasteiger partial charge < -0.3 is 19.1 Å². The summed E-state index contributed by atoms with van der Waals surface area (Å²) in [5.41, 5.74) is 3.46. The minimum Gasteiger partial charge on any atom is -0.493 e. The van der Waals surface area contributed by atoms with Gasteiger partial charge in [0.2, 0.25) is 0 Å². The lowest BCUT2D eigenvalue weighted by Gasteiger charge is -2.25. The molecule has 0 radical (unpaired) electrons. The van der Waals surface area contributed by atoms with Gasteiger partial charge in [0.15, 0.2) is 16.3 Å². The number of methoxy groups -OCH3 is 2. The SMILES string of the molecule is CCOC(=O)C1=C(C)N=c2s/c(=C/c3ccc(N4CCCC4)cc3)c(=O)n2[C@@H]1c1ccc(OC)c(OC)c1. The van der Waals surface area contributed by atoms with E-state index < -0.39 is 12.0 Å². The second-order valence-electron chi connectivity index (χ2n) is 9.20. The molecule has 1 atom stereocenters. The van der Waals surface area contributed by atoms with Gasteiger partial charge in [0.25, 0.3) is 5.56 Å². The van der Waals surface area contributed by atoms with E-state index in [9.17, 15) is 9.59 Å². The molecule has 9 heteroatoms. The van der Waals surface area contributed by atoms with Crippen LogP contribution in [0.3, 0.4) is 0 Å². The summed E-state index contributed by atoms with van der Waals surface area (Å²) in [6.07, 6.45) is 4.32.